The maximum absolute atomic E-state index is 10.8. The molecule has 0 fully saturated rings. The molecular weight excluding hydrogens is 156 g/mol. The smallest absolute Gasteiger partial charge is 0.330 e. The number of hydrogen-bond donors (Lipinski definition) is 1. The van der Waals surface area contributed by atoms with Crippen molar-refractivity contribution < 1.29 is 14.6 Å². The fourth-order valence-corrected chi connectivity index (χ4v) is 0.550. The summed E-state index contributed by atoms with van der Waals surface area (Å²) in [5, 5.41) is 8.34. The van der Waals surface area contributed by atoms with Crippen LogP contribution >= 0.6 is 0 Å². The molecule has 3 nitrogen and oxygen atoms in total. The number of allylic oxidation sites excluding steroid dienone is 1. The van der Waals surface area contributed by atoms with Gasteiger partial charge in [-0.25, -0.2) is 4.79 Å². The van der Waals surface area contributed by atoms with Gasteiger partial charge in [-0.05, 0) is 19.9 Å². The molecule has 0 aliphatic rings. The fourth-order valence-electron chi connectivity index (χ4n) is 0.550. The summed E-state index contributed by atoms with van der Waals surface area (Å²) in [5.74, 6) is -0.349. The van der Waals surface area contributed by atoms with E-state index in [0.717, 1.165) is 5.57 Å². The van der Waals surface area contributed by atoms with Crippen molar-refractivity contribution in [2.45, 2.75) is 13.8 Å². The molecule has 0 spiro atoms. The topological polar surface area (TPSA) is 46.5 Å². The van der Waals surface area contributed by atoms with Crippen molar-refractivity contribution in [3.63, 3.8) is 0 Å². The Morgan fingerprint density at radius 3 is 2.58 bits per heavy atom. The van der Waals surface area contributed by atoms with Crippen LogP contribution in [0.3, 0.4) is 0 Å². The average molecular weight is 170 g/mol. The molecule has 0 heterocycles. The van der Waals surface area contributed by atoms with Crippen molar-refractivity contribution in [2.75, 3.05) is 13.2 Å². The third-order valence-electron chi connectivity index (χ3n) is 1.00. The van der Waals surface area contributed by atoms with Gasteiger partial charge in [0.05, 0.1) is 6.61 Å². The molecule has 0 unspecified atom stereocenters. The van der Waals surface area contributed by atoms with E-state index in [1.807, 2.05) is 13.8 Å². The van der Waals surface area contributed by atoms with Crippen molar-refractivity contribution in [1.29, 1.82) is 0 Å². The summed E-state index contributed by atoms with van der Waals surface area (Å²) in [6.07, 6.45) is 4.54. The zero-order chi connectivity index (χ0) is 9.40. The average Bonchev–Trinajstić information content (AvgIpc) is 1.97. The molecule has 3 heteroatoms. The number of esters is 1. The van der Waals surface area contributed by atoms with Crippen LogP contribution in [0, 0.1) is 0 Å². The Hall–Kier alpha value is -1.09. The van der Waals surface area contributed by atoms with Gasteiger partial charge in [0.25, 0.3) is 0 Å². The molecule has 0 atom stereocenters. The lowest BCUT2D eigenvalue weighted by Crippen LogP contribution is -2.00. The van der Waals surface area contributed by atoms with Gasteiger partial charge in [0, 0.05) is 6.08 Å². The second kappa shape index (κ2) is 6.61. The van der Waals surface area contributed by atoms with Gasteiger partial charge in [0.1, 0.15) is 6.61 Å². The maximum atomic E-state index is 10.8. The molecule has 12 heavy (non-hydrogen) atoms. The largest absolute Gasteiger partial charge is 0.458 e. The molecule has 68 valence electrons. The van der Waals surface area contributed by atoms with E-state index in [-0.39, 0.29) is 19.2 Å². The number of aliphatic hydroxyl groups excluding tert-OH is 1. The molecular formula is C9H14O3. The van der Waals surface area contributed by atoms with Crippen LogP contribution in [0.4, 0.5) is 0 Å². The van der Waals surface area contributed by atoms with E-state index < -0.39 is 0 Å². The number of rotatable bonds is 4. The Labute approximate surface area is 72.3 Å². The molecule has 0 aromatic carbocycles. The summed E-state index contributed by atoms with van der Waals surface area (Å²) in [5.41, 5.74) is 0.908. The van der Waals surface area contributed by atoms with E-state index in [4.69, 9.17) is 9.84 Å². The van der Waals surface area contributed by atoms with Gasteiger partial charge >= 0.3 is 5.97 Å². The van der Waals surface area contributed by atoms with Crippen molar-refractivity contribution in [2.24, 2.45) is 0 Å². The van der Waals surface area contributed by atoms with Crippen LogP contribution in [-0.2, 0) is 9.53 Å². The predicted molar refractivity (Wildman–Crippen MR) is 46.6 cm³/mol. The summed E-state index contributed by atoms with van der Waals surface area (Å²) in [6.45, 7) is 3.83. The Bertz CT molecular complexity index is 188. The first-order chi connectivity index (χ1) is 5.66. The summed E-state index contributed by atoms with van der Waals surface area (Å²) >= 11 is 0. The quantitative estimate of drug-likeness (QED) is 0.389. The van der Waals surface area contributed by atoms with Crippen LogP contribution in [0.1, 0.15) is 13.8 Å². The molecule has 0 amide bonds. The second-order valence-corrected chi connectivity index (χ2v) is 2.51. The van der Waals surface area contributed by atoms with Crippen molar-refractivity contribution in [3.8, 4) is 0 Å². The van der Waals surface area contributed by atoms with Crippen LogP contribution < -0.4 is 0 Å². The summed E-state index contributed by atoms with van der Waals surface area (Å²) in [4.78, 5) is 10.8. The van der Waals surface area contributed by atoms with Crippen LogP contribution in [0.15, 0.2) is 23.8 Å². The minimum Gasteiger partial charge on any atom is -0.458 e. The third kappa shape index (κ3) is 7.02. The van der Waals surface area contributed by atoms with Gasteiger partial charge in [-0.3, -0.25) is 0 Å². The van der Waals surface area contributed by atoms with Crippen molar-refractivity contribution in [1.82, 2.24) is 0 Å². The third-order valence-corrected chi connectivity index (χ3v) is 1.00. The number of ether oxygens (including phenoxy) is 1. The van der Waals surface area contributed by atoms with Gasteiger partial charge in [-0.15, -0.1) is 0 Å². The summed E-state index contributed by atoms with van der Waals surface area (Å²) in [6, 6.07) is 0. The zero-order valence-electron chi connectivity index (χ0n) is 7.41. The van der Waals surface area contributed by atoms with Crippen LogP contribution in [-0.4, -0.2) is 24.3 Å². The minimum absolute atomic E-state index is 0.0276. The van der Waals surface area contributed by atoms with Crippen molar-refractivity contribution in [3.05, 3.63) is 23.8 Å². The van der Waals surface area contributed by atoms with Crippen LogP contribution in [0.2, 0.25) is 0 Å². The molecule has 1 N–H and O–H groups in total. The van der Waals surface area contributed by atoms with E-state index in [1.165, 1.54) is 12.2 Å². The summed E-state index contributed by atoms with van der Waals surface area (Å²) < 4.78 is 4.74. The number of aliphatic hydroxyl groups is 1. The van der Waals surface area contributed by atoms with Crippen LogP contribution in [0.5, 0.6) is 0 Å². The number of hydrogen-bond acceptors (Lipinski definition) is 3. The second-order valence-electron chi connectivity index (χ2n) is 2.51. The molecule has 0 saturated heterocycles. The SMILES string of the molecule is CC(C)=CC(=O)OCC=CCO. The highest BCUT2D eigenvalue weighted by molar-refractivity contribution is 5.82. The first kappa shape index (κ1) is 10.9. The Morgan fingerprint density at radius 1 is 1.42 bits per heavy atom. The first-order valence-electron chi connectivity index (χ1n) is 3.74. The highest BCUT2D eigenvalue weighted by atomic mass is 16.5. The number of carbonyl (C=O) groups is 1. The van der Waals surface area contributed by atoms with Crippen molar-refractivity contribution >= 4 is 5.97 Å². The van der Waals surface area contributed by atoms with E-state index in [0.29, 0.717) is 0 Å². The molecule has 0 radical (unpaired) electrons. The Balaban J connectivity index is 3.58. The first-order valence-corrected chi connectivity index (χ1v) is 3.74. The summed E-state index contributed by atoms with van der Waals surface area (Å²) in [7, 11) is 0. The molecule has 0 bridgehead atoms. The molecule has 0 aromatic rings. The van der Waals surface area contributed by atoms with Gasteiger partial charge in [-0.1, -0.05) is 11.6 Å². The molecule has 0 saturated carbocycles. The predicted octanol–water partition coefficient (Wildman–Crippen LogP) is 1.04. The molecule has 0 aliphatic carbocycles. The molecule has 0 aliphatic heterocycles. The van der Waals surface area contributed by atoms with Crippen LogP contribution in [0.25, 0.3) is 0 Å². The fraction of sp³-hybridized carbons (Fsp3) is 0.444. The maximum Gasteiger partial charge on any atom is 0.330 e. The Morgan fingerprint density at radius 2 is 2.08 bits per heavy atom. The number of carbonyl (C=O) groups excluding carboxylic acids is 1. The lowest BCUT2D eigenvalue weighted by molar-refractivity contribution is -0.136. The monoisotopic (exact) mass is 170 g/mol. The van der Waals surface area contributed by atoms with E-state index in [9.17, 15) is 4.79 Å². The minimum atomic E-state index is -0.349. The molecule has 0 aromatic heterocycles. The van der Waals surface area contributed by atoms with Gasteiger partial charge < -0.3 is 9.84 Å². The van der Waals surface area contributed by atoms with E-state index >= 15 is 0 Å². The highest BCUT2D eigenvalue weighted by Crippen LogP contribution is 1.90. The zero-order valence-corrected chi connectivity index (χ0v) is 7.41. The molecule has 0 rings (SSSR count). The highest BCUT2D eigenvalue weighted by Gasteiger charge is 1.93. The standard InChI is InChI=1S/C9H14O3/c1-8(2)7-9(11)12-6-4-3-5-10/h3-4,7,10H,5-6H2,1-2H3. The van der Waals surface area contributed by atoms with Gasteiger partial charge in [0.15, 0.2) is 0 Å². The van der Waals surface area contributed by atoms with Gasteiger partial charge in [0.2, 0.25) is 0 Å². The van der Waals surface area contributed by atoms with Gasteiger partial charge in [-0.2, -0.15) is 0 Å². The lowest BCUT2D eigenvalue weighted by Gasteiger charge is -1.96. The normalized spacial score (nSPS) is 9.92. The van der Waals surface area contributed by atoms with E-state index in [2.05, 4.69) is 0 Å². The van der Waals surface area contributed by atoms with E-state index in [1.54, 1.807) is 6.08 Å². The lowest BCUT2D eigenvalue weighted by atomic mass is 10.3. The Kier molecular flexibility index (Phi) is 6.01.